The van der Waals surface area contributed by atoms with Crippen LogP contribution in [0.5, 0.6) is 5.75 Å². The minimum absolute atomic E-state index is 0.0140. The highest BCUT2D eigenvalue weighted by atomic mass is 32.1. The van der Waals surface area contributed by atoms with Crippen LogP contribution in [-0.4, -0.2) is 16.0 Å². The number of rotatable bonds is 4. The van der Waals surface area contributed by atoms with Gasteiger partial charge in [0.15, 0.2) is 4.96 Å². The normalized spacial score (nSPS) is 11.6. The smallest absolute Gasteiger partial charge is 0.194 e. The molecule has 3 rings (SSSR count). The van der Waals surface area contributed by atoms with Crippen molar-refractivity contribution in [1.29, 1.82) is 5.26 Å². The average molecular weight is 339 g/mol. The highest BCUT2D eigenvalue weighted by molar-refractivity contribution is 7.15. The van der Waals surface area contributed by atoms with Gasteiger partial charge in [0.2, 0.25) is 0 Å². The molecule has 24 heavy (non-hydrogen) atoms. The Morgan fingerprint density at radius 3 is 2.71 bits per heavy atom. The van der Waals surface area contributed by atoms with Gasteiger partial charge in [0.25, 0.3) is 0 Å². The molecule has 4 nitrogen and oxygen atoms in total. The van der Waals surface area contributed by atoms with Crippen molar-refractivity contribution in [2.45, 2.75) is 39.5 Å². The van der Waals surface area contributed by atoms with E-state index in [9.17, 15) is 5.26 Å². The Bertz CT molecular complexity index is 909. The molecule has 2 aromatic heterocycles. The summed E-state index contributed by atoms with van der Waals surface area (Å²) in [5.74, 6) is 0.808. The summed E-state index contributed by atoms with van der Waals surface area (Å²) >= 11 is 1.62. The summed E-state index contributed by atoms with van der Waals surface area (Å²) in [5, 5.41) is 11.5. The Kier molecular flexibility index (Phi) is 4.33. The molecule has 1 aromatic carbocycles. The number of fused-ring (bicyclic) bond motifs is 1. The van der Waals surface area contributed by atoms with E-state index in [0.717, 1.165) is 27.7 Å². The van der Waals surface area contributed by atoms with Crippen molar-refractivity contribution < 1.29 is 4.74 Å². The molecule has 0 radical (unpaired) electrons. The fraction of sp³-hybridized carbons (Fsp3) is 0.368. The van der Waals surface area contributed by atoms with Gasteiger partial charge in [0, 0.05) is 22.1 Å². The van der Waals surface area contributed by atoms with Gasteiger partial charge in [0.05, 0.1) is 30.5 Å². The first kappa shape index (κ1) is 16.5. The summed E-state index contributed by atoms with van der Waals surface area (Å²) in [4.78, 5) is 5.75. The first-order valence-electron chi connectivity index (χ1n) is 8.05. The maximum atomic E-state index is 9.35. The number of para-hydroxylation sites is 1. The highest BCUT2D eigenvalue weighted by Gasteiger charge is 2.25. The number of aromatic nitrogens is 2. The lowest BCUT2D eigenvalue weighted by Gasteiger charge is -2.18. The third-order valence-electron chi connectivity index (χ3n) is 3.92. The maximum absolute atomic E-state index is 9.35. The molecule has 0 saturated heterocycles. The molecule has 2 heterocycles. The summed E-state index contributed by atoms with van der Waals surface area (Å²) in [6.07, 6.45) is 0.316. The number of nitrogens with zero attached hydrogens (tertiary/aromatic N) is 3. The number of hydrogen-bond acceptors (Lipinski definition) is 4. The molecule has 0 amide bonds. The lowest BCUT2D eigenvalue weighted by Crippen LogP contribution is -2.15. The topological polar surface area (TPSA) is 50.3 Å². The van der Waals surface area contributed by atoms with E-state index in [2.05, 4.69) is 36.6 Å². The standard InChI is InChI=1S/C19H21N3OS/c1-5-23-15-9-7-6-8-13(15)17-14(10-11-20)22-16(19(2,3)4)12-24-18(22)21-17/h6-9,12H,5,10H2,1-4H3. The molecule has 0 spiro atoms. The van der Waals surface area contributed by atoms with Crippen molar-refractivity contribution in [2.75, 3.05) is 6.61 Å². The molecule has 0 bridgehead atoms. The van der Waals surface area contributed by atoms with E-state index in [1.165, 1.54) is 5.69 Å². The molecule has 124 valence electrons. The molecule has 5 heteroatoms. The molecule has 0 fully saturated rings. The monoisotopic (exact) mass is 339 g/mol. The fourth-order valence-corrected chi connectivity index (χ4v) is 3.96. The molecule has 0 N–H and O–H groups in total. The van der Waals surface area contributed by atoms with Crippen molar-refractivity contribution in [1.82, 2.24) is 9.38 Å². The lowest BCUT2D eigenvalue weighted by atomic mass is 9.93. The van der Waals surface area contributed by atoms with E-state index in [4.69, 9.17) is 9.72 Å². The number of ether oxygens (including phenoxy) is 1. The third kappa shape index (κ3) is 2.78. The number of thiazole rings is 1. The molecular formula is C19H21N3OS. The van der Waals surface area contributed by atoms with Gasteiger partial charge >= 0.3 is 0 Å². The number of benzene rings is 1. The Balaban J connectivity index is 2.29. The van der Waals surface area contributed by atoms with Crippen molar-refractivity contribution in [3.05, 3.63) is 41.0 Å². The molecule has 0 saturated carbocycles. The van der Waals surface area contributed by atoms with E-state index < -0.39 is 0 Å². The van der Waals surface area contributed by atoms with Crippen molar-refractivity contribution in [3.63, 3.8) is 0 Å². The first-order valence-corrected chi connectivity index (χ1v) is 8.93. The molecule has 0 aliphatic heterocycles. The van der Waals surface area contributed by atoms with Crippen molar-refractivity contribution in [2.24, 2.45) is 0 Å². The van der Waals surface area contributed by atoms with Gasteiger partial charge in [-0.15, -0.1) is 11.3 Å². The van der Waals surface area contributed by atoms with Crippen molar-refractivity contribution >= 4 is 16.3 Å². The van der Waals surface area contributed by atoms with Crippen LogP contribution in [0.2, 0.25) is 0 Å². The van der Waals surface area contributed by atoms with Crippen LogP contribution in [0.25, 0.3) is 16.2 Å². The summed E-state index contributed by atoms with van der Waals surface area (Å²) in [5.41, 5.74) is 3.89. The van der Waals surface area contributed by atoms with Crippen LogP contribution in [0, 0.1) is 11.3 Å². The van der Waals surface area contributed by atoms with E-state index in [1.54, 1.807) is 11.3 Å². The van der Waals surface area contributed by atoms with Crippen molar-refractivity contribution in [3.8, 4) is 23.1 Å². The van der Waals surface area contributed by atoms with Gasteiger partial charge in [0.1, 0.15) is 5.75 Å². The van der Waals surface area contributed by atoms with Crippen LogP contribution >= 0.6 is 11.3 Å². The van der Waals surface area contributed by atoms with Gasteiger partial charge in [-0.25, -0.2) is 4.98 Å². The third-order valence-corrected chi connectivity index (χ3v) is 4.74. The Morgan fingerprint density at radius 1 is 1.29 bits per heavy atom. The predicted molar refractivity (Wildman–Crippen MR) is 97.7 cm³/mol. The summed E-state index contributed by atoms with van der Waals surface area (Å²) in [6, 6.07) is 10.2. The molecule has 0 unspecified atom stereocenters. The van der Waals surface area contributed by atoms with Crippen LogP contribution in [0.15, 0.2) is 29.6 Å². The largest absolute Gasteiger partial charge is 0.493 e. The minimum Gasteiger partial charge on any atom is -0.493 e. The van der Waals surface area contributed by atoms with E-state index in [-0.39, 0.29) is 5.41 Å². The zero-order chi connectivity index (χ0) is 17.3. The molecule has 0 aliphatic rings. The minimum atomic E-state index is -0.0140. The average Bonchev–Trinajstić information content (AvgIpc) is 3.08. The Labute approximate surface area is 146 Å². The van der Waals surface area contributed by atoms with Gasteiger partial charge in [-0.3, -0.25) is 4.40 Å². The summed E-state index contributed by atoms with van der Waals surface area (Å²) in [7, 11) is 0. The highest BCUT2D eigenvalue weighted by Crippen LogP contribution is 2.36. The molecular weight excluding hydrogens is 318 g/mol. The first-order chi connectivity index (χ1) is 11.5. The Hall–Kier alpha value is -2.32. The second-order valence-electron chi connectivity index (χ2n) is 6.66. The van der Waals surface area contributed by atoms with Crippen LogP contribution < -0.4 is 4.74 Å². The zero-order valence-electron chi connectivity index (χ0n) is 14.5. The second-order valence-corrected chi connectivity index (χ2v) is 7.50. The van der Waals surface area contributed by atoms with E-state index >= 15 is 0 Å². The lowest BCUT2D eigenvalue weighted by molar-refractivity contribution is 0.341. The van der Waals surface area contributed by atoms with Crippen LogP contribution in [-0.2, 0) is 11.8 Å². The van der Waals surface area contributed by atoms with E-state index in [0.29, 0.717) is 13.0 Å². The zero-order valence-corrected chi connectivity index (χ0v) is 15.3. The fourth-order valence-electron chi connectivity index (χ4n) is 2.83. The number of nitriles is 1. The number of imidazole rings is 1. The van der Waals surface area contributed by atoms with E-state index in [1.807, 2.05) is 31.2 Å². The van der Waals surface area contributed by atoms with Gasteiger partial charge in [-0.2, -0.15) is 5.26 Å². The Morgan fingerprint density at radius 2 is 2.04 bits per heavy atom. The molecule has 0 atom stereocenters. The van der Waals surface area contributed by atoms with Gasteiger partial charge in [-0.1, -0.05) is 32.9 Å². The molecule has 0 aliphatic carbocycles. The second kappa shape index (κ2) is 6.29. The van der Waals surface area contributed by atoms with Crippen LogP contribution in [0.4, 0.5) is 0 Å². The predicted octanol–water partition coefficient (Wildman–Crippen LogP) is 4.83. The SMILES string of the molecule is CCOc1ccccc1-c1nc2scc(C(C)(C)C)n2c1CC#N. The quantitative estimate of drug-likeness (QED) is 0.684. The maximum Gasteiger partial charge on any atom is 0.194 e. The van der Waals surface area contributed by atoms with Crippen LogP contribution in [0.1, 0.15) is 39.1 Å². The van der Waals surface area contributed by atoms with Gasteiger partial charge in [-0.05, 0) is 19.1 Å². The summed E-state index contributed by atoms with van der Waals surface area (Å²) < 4.78 is 7.91. The van der Waals surface area contributed by atoms with Gasteiger partial charge < -0.3 is 4.74 Å². The molecule has 3 aromatic rings. The summed E-state index contributed by atoms with van der Waals surface area (Å²) in [6.45, 7) is 9.10. The number of hydrogen-bond donors (Lipinski definition) is 0. The van der Waals surface area contributed by atoms with Crippen LogP contribution in [0.3, 0.4) is 0 Å².